The number of pyridine rings is 2. The number of ether oxygens (including phenoxy) is 2. The van der Waals surface area contributed by atoms with E-state index in [0.29, 0.717) is 28.1 Å². The largest absolute Gasteiger partial charge is 0.494 e. The molecule has 3 heterocycles. The van der Waals surface area contributed by atoms with Gasteiger partial charge in [0.2, 0.25) is 11.8 Å². The van der Waals surface area contributed by atoms with Crippen LogP contribution < -0.4 is 20.5 Å². The number of hydrogen-bond acceptors (Lipinski definition) is 8. The number of halogens is 3. The van der Waals surface area contributed by atoms with E-state index in [9.17, 15) is 18.0 Å². The molecule has 0 saturated heterocycles. The fourth-order valence-corrected chi connectivity index (χ4v) is 4.15. The van der Waals surface area contributed by atoms with Crippen LogP contribution in [-0.2, 0) is 12.7 Å². The second-order valence-electron chi connectivity index (χ2n) is 8.99. The van der Waals surface area contributed by atoms with Crippen molar-refractivity contribution in [2.75, 3.05) is 7.11 Å². The van der Waals surface area contributed by atoms with Crippen molar-refractivity contribution < 1.29 is 31.9 Å². The van der Waals surface area contributed by atoms with Crippen molar-refractivity contribution in [1.29, 1.82) is 0 Å². The number of oxazole rings is 1. The summed E-state index contributed by atoms with van der Waals surface area (Å²) in [7, 11) is 1.33. The van der Waals surface area contributed by atoms with Gasteiger partial charge in [-0.25, -0.2) is 15.0 Å². The molecule has 0 aliphatic rings. The molecular weight excluding hydrogens is 539 g/mol. The van der Waals surface area contributed by atoms with Crippen molar-refractivity contribution in [2.24, 2.45) is 5.73 Å². The van der Waals surface area contributed by atoms with Crippen LogP contribution in [-0.4, -0.2) is 28.0 Å². The Morgan fingerprint density at radius 3 is 2.51 bits per heavy atom. The standard InChI is InChI=1S/C29H24F3N5O4/c1-16(33)26-25(27(38)35-15-17-7-3-4-8-20(17)40-23-9-5-6-14-34-23)37-28(41-26)19-10-12-21(39-2)24-18(19)11-13-22(36-24)29(30,31)32/h3-14,16H,15,33H2,1-2H3,(H,35,38)/t16-/m0/s1. The number of methoxy groups -OCH3 is 1. The average Bonchev–Trinajstić information content (AvgIpc) is 3.42. The predicted molar refractivity (Wildman–Crippen MR) is 143 cm³/mol. The van der Waals surface area contributed by atoms with E-state index in [-0.39, 0.29) is 35.2 Å². The zero-order valence-corrected chi connectivity index (χ0v) is 21.9. The maximum atomic E-state index is 13.3. The summed E-state index contributed by atoms with van der Waals surface area (Å²) >= 11 is 0. The van der Waals surface area contributed by atoms with Crippen molar-refractivity contribution in [2.45, 2.75) is 25.7 Å². The topological polar surface area (TPSA) is 125 Å². The first-order chi connectivity index (χ1) is 19.7. The number of amides is 1. The predicted octanol–water partition coefficient (Wildman–Crippen LogP) is 6.05. The van der Waals surface area contributed by atoms with E-state index in [1.165, 1.54) is 19.2 Å². The number of fused-ring (bicyclic) bond motifs is 1. The first-order valence-corrected chi connectivity index (χ1v) is 12.4. The Hall–Kier alpha value is -4.97. The number of benzene rings is 2. The average molecular weight is 564 g/mol. The maximum absolute atomic E-state index is 13.3. The van der Waals surface area contributed by atoms with Crippen LogP contribution in [0.5, 0.6) is 17.4 Å². The Labute approximate surface area is 232 Å². The second kappa shape index (κ2) is 11.3. The monoisotopic (exact) mass is 563 g/mol. The lowest BCUT2D eigenvalue weighted by atomic mass is 10.1. The van der Waals surface area contributed by atoms with Gasteiger partial charge in [-0.15, -0.1) is 0 Å². The number of para-hydroxylation sites is 1. The summed E-state index contributed by atoms with van der Waals surface area (Å²) in [4.78, 5) is 25.6. The summed E-state index contributed by atoms with van der Waals surface area (Å²) in [6.45, 7) is 1.72. The molecule has 0 unspecified atom stereocenters. The highest BCUT2D eigenvalue weighted by atomic mass is 19.4. The molecule has 0 saturated carbocycles. The first-order valence-electron chi connectivity index (χ1n) is 12.4. The van der Waals surface area contributed by atoms with Crippen LogP contribution in [0.4, 0.5) is 13.2 Å². The number of nitrogens with two attached hydrogens (primary N) is 1. The highest BCUT2D eigenvalue weighted by Gasteiger charge is 2.33. The number of nitrogens with one attached hydrogen (secondary N) is 1. The summed E-state index contributed by atoms with van der Waals surface area (Å²) in [5.74, 6) is 0.592. The number of nitrogens with zero attached hydrogens (tertiary/aromatic N) is 3. The summed E-state index contributed by atoms with van der Waals surface area (Å²) in [6, 6.07) is 16.9. The molecule has 41 heavy (non-hydrogen) atoms. The highest BCUT2D eigenvalue weighted by Crippen LogP contribution is 2.37. The first kappa shape index (κ1) is 27.6. The molecule has 1 amide bonds. The fourth-order valence-electron chi connectivity index (χ4n) is 4.15. The van der Waals surface area contributed by atoms with Gasteiger partial charge in [-0.05, 0) is 43.3 Å². The Bertz CT molecular complexity index is 1700. The summed E-state index contributed by atoms with van der Waals surface area (Å²) in [5, 5.41) is 3.10. The normalized spacial score (nSPS) is 12.2. The van der Waals surface area contributed by atoms with Crippen LogP contribution in [0, 0.1) is 0 Å². The van der Waals surface area contributed by atoms with Gasteiger partial charge >= 0.3 is 6.18 Å². The molecule has 3 N–H and O–H groups in total. The maximum Gasteiger partial charge on any atom is 0.433 e. The van der Waals surface area contributed by atoms with Crippen LogP contribution >= 0.6 is 0 Å². The molecule has 0 aliphatic carbocycles. The molecule has 2 aromatic carbocycles. The minimum Gasteiger partial charge on any atom is -0.494 e. The molecule has 0 radical (unpaired) electrons. The Morgan fingerprint density at radius 1 is 1.02 bits per heavy atom. The number of carbonyl (C=O) groups excluding carboxylic acids is 1. The third-order valence-electron chi connectivity index (χ3n) is 6.11. The summed E-state index contributed by atoms with van der Waals surface area (Å²) in [5.41, 5.74) is 5.93. The van der Waals surface area contributed by atoms with E-state index in [1.807, 2.05) is 0 Å². The molecule has 3 aromatic heterocycles. The van der Waals surface area contributed by atoms with Crippen molar-refractivity contribution in [3.05, 3.63) is 95.6 Å². The van der Waals surface area contributed by atoms with E-state index in [1.54, 1.807) is 61.7 Å². The second-order valence-corrected chi connectivity index (χ2v) is 8.99. The molecule has 9 nitrogen and oxygen atoms in total. The van der Waals surface area contributed by atoms with Crippen molar-refractivity contribution in [3.63, 3.8) is 0 Å². The molecule has 0 spiro atoms. The molecule has 0 aliphatic heterocycles. The van der Waals surface area contributed by atoms with Crippen LogP contribution in [0.3, 0.4) is 0 Å². The smallest absolute Gasteiger partial charge is 0.433 e. The third-order valence-corrected chi connectivity index (χ3v) is 6.11. The number of hydrogen-bond donors (Lipinski definition) is 2. The van der Waals surface area contributed by atoms with Gasteiger partial charge in [-0.1, -0.05) is 24.3 Å². The molecule has 5 aromatic rings. The highest BCUT2D eigenvalue weighted by molar-refractivity contribution is 5.98. The molecule has 0 fully saturated rings. The van der Waals surface area contributed by atoms with E-state index in [4.69, 9.17) is 19.6 Å². The number of rotatable bonds is 8. The Balaban J connectivity index is 1.46. The lowest BCUT2D eigenvalue weighted by molar-refractivity contribution is -0.140. The van der Waals surface area contributed by atoms with Gasteiger partial charge in [0.15, 0.2) is 11.5 Å². The minimum absolute atomic E-state index is 0.00412. The van der Waals surface area contributed by atoms with Gasteiger partial charge in [-0.3, -0.25) is 4.79 Å². The Morgan fingerprint density at radius 2 is 1.80 bits per heavy atom. The lowest BCUT2D eigenvalue weighted by Crippen LogP contribution is -2.25. The fraction of sp³-hybridized carbons (Fsp3) is 0.172. The van der Waals surface area contributed by atoms with Gasteiger partial charge in [0.25, 0.3) is 5.91 Å². The van der Waals surface area contributed by atoms with Crippen LogP contribution in [0.2, 0.25) is 0 Å². The molecule has 5 rings (SSSR count). The molecule has 210 valence electrons. The van der Waals surface area contributed by atoms with Crippen LogP contribution in [0.1, 0.15) is 40.5 Å². The molecular formula is C29H24F3N5O4. The van der Waals surface area contributed by atoms with Crippen LogP contribution in [0.15, 0.2) is 77.3 Å². The van der Waals surface area contributed by atoms with E-state index >= 15 is 0 Å². The third kappa shape index (κ3) is 5.82. The van der Waals surface area contributed by atoms with Gasteiger partial charge in [0.1, 0.15) is 22.7 Å². The SMILES string of the molecule is COc1ccc(-c2nc(C(=O)NCc3ccccc3Oc3ccccn3)c([C@H](C)N)o2)c2ccc(C(F)(F)F)nc12. The summed E-state index contributed by atoms with van der Waals surface area (Å²) < 4.78 is 57.0. The zero-order chi connectivity index (χ0) is 29.1. The zero-order valence-electron chi connectivity index (χ0n) is 21.9. The van der Waals surface area contributed by atoms with Crippen molar-refractivity contribution in [1.82, 2.24) is 20.3 Å². The van der Waals surface area contributed by atoms with Crippen molar-refractivity contribution >= 4 is 16.8 Å². The van der Waals surface area contributed by atoms with E-state index < -0.39 is 23.8 Å². The number of aromatic nitrogens is 3. The van der Waals surface area contributed by atoms with E-state index in [0.717, 1.165) is 6.07 Å². The van der Waals surface area contributed by atoms with Gasteiger partial charge in [0, 0.05) is 35.3 Å². The minimum atomic E-state index is -4.65. The van der Waals surface area contributed by atoms with Gasteiger partial charge in [-0.2, -0.15) is 13.2 Å². The van der Waals surface area contributed by atoms with Gasteiger partial charge in [0.05, 0.1) is 13.2 Å². The van der Waals surface area contributed by atoms with Crippen LogP contribution in [0.25, 0.3) is 22.4 Å². The Kier molecular flexibility index (Phi) is 7.58. The molecule has 12 heteroatoms. The number of alkyl halides is 3. The number of carbonyl (C=O) groups is 1. The van der Waals surface area contributed by atoms with Gasteiger partial charge < -0.3 is 24.9 Å². The van der Waals surface area contributed by atoms with E-state index in [2.05, 4.69) is 20.3 Å². The molecule has 0 bridgehead atoms. The van der Waals surface area contributed by atoms with Crippen molar-refractivity contribution in [3.8, 4) is 28.8 Å². The molecule has 1 atom stereocenters. The summed E-state index contributed by atoms with van der Waals surface area (Å²) in [6.07, 6.45) is -3.04. The quantitative estimate of drug-likeness (QED) is 0.234. The lowest BCUT2D eigenvalue weighted by Gasteiger charge is -2.11.